The highest BCUT2D eigenvalue weighted by molar-refractivity contribution is 5.94. The number of cyclic esters (lactones) is 2. The first kappa shape index (κ1) is 23.9. The van der Waals surface area contributed by atoms with Crippen molar-refractivity contribution >= 4 is 11.9 Å². The molecule has 5 rings (SSSR count). The van der Waals surface area contributed by atoms with Gasteiger partial charge in [0, 0.05) is 51.3 Å². The number of β-amino-alcohol motifs (C(OH)–C–C–N with tert-alkyl or cyclic N) is 2. The number of fused-ring (bicyclic) bond motifs is 2. The molecule has 0 aromatic heterocycles. The lowest BCUT2D eigenvalue weighted by molar-refractivity contribution is 0.0299. The number of benzene rings is 2. The fourth-order valence-electron chi connectivity index (χ4n) is 5.36. The summed E-state index contributed by atoms with van der Waals surface area (Å²) in [5.41, 5.74) is 5.57. The van der Waals surface area contributed by atoms with Crippen LogP contribution in [0.4, 0.5) is 0 Å². The molecule has 3 aliphatic heterocycles. The Morgan fingerprint density at radius 3 is 2.31 bits per heavy atom. The molecule has 3 heterocycles. The number of rotatable bonds is 6. The average Bonchev–Trinajstić information content (AvgIpc) is 3.21. The first-order chi connectivity index (χ1) is 16.8. The van der Waals surface area contributed by atoms with Crippen LogP contribution in [0.3, 0.4) is 0 Å². The molecule has 1 fully saturated rings. The van der Waals surface area contributed by atoms with Crippen molar-refractivity contribution in [1.82, 2.24) is 9.80 Å². The van der Waals surface area contributed by atoms with E-state index in [-0.39, 0.29) is 24.6 Å². The Kier molecular flexibility index (Phi) is 6.63. The van der Waals surface area contributed by atoms with Crippen LogP contribution < -0.4 is 0 Å². The van der Waals surface area contributed by atoms with Crippen molar-refractivity contribution in [3.63, 3.8) is 0 Å². The SMILES string of the molecule is Cc1c([C@@H](O)CN2CCN(C[C@H](O)c3ccc4c(c3)C[C@@H](C)OC4=O)CC2)ccc2c1COC2=O. The maximum Gasteiger partial charge on any atom is 0.338 e. The van der Waals surface area contributed by atoms with Crippen LogP contribution in [0.5, 0.6) is 0 Å². The van der Waals surface area contributed by atoms with E-state index in [1.807, 2.05) is 32.0 Å². The Balaban J connectivity index is 1.15. The van der Waals surface area contributed by atoms with Crippen LogP contribution >= 0.6 is 0 Å². The number of hydrogen-bond donors (Lipinski definition) is 2. The summed E-state index contributed by atoms with van der Waals surface area (Å²) in [7, 11) is 0. The quantitative estimate of drug-likeness (QED) is 0.607. The van der Waals surface area contributed by atoms with Gasteiger partial charge in [0.25, 0.3) is 0 Å². The van der Waals surface area contributed by atoms with E-state index in [4.69, 9.17) is 9.47 Å². The van der Waals surface area contributed by atoms with Gasteiger partial charge in [0.1, 0.15) is 12.7 Å². The van der Waals surface area contributed by atoms with Gasteiger partial charge in [0.15, 0.2) is 0 Å². The monoisotopic (exact) mass is 480 g/mol. The number of carbonyl (C=O) groups excluding carboxylic acids is 2. The van der Waals surface area contributed by atoms with E-state index in [1.165, 1.54) is 0 Å². The minimum atomic E-state index is -0.641. The summed E-state index contributed by atoms with van der Waals surface area (Å²) in [6, 6.07) is 9.08. The number of piperazine rings is 1. The zero-order valence-corrected chi connectivity index (χ0v) is 20.2. The zero-order chi connectivity index (χ0) is 24.7. The van der Waals surface area contributed by atoms with Gasteiger partial charge in [-0.3, -0.25) is 9.80 Å². The highest BCUT2D eigenvalue weighted by Gasteiger charge is 2.28. The van der Waals surface area contributed by atoms with E-state index in [0.717, 1.165) is 54.0 Å². The topological polar surface area (TPSA) is 99.5 Å². The summed E-state index contributed by atoms with van der Waals surface area (Å²) in [4.78, 5) is 28.3. The average molecular weight is 481 g/mol. The Hall–Kier alpha value is -2.78. The first-order valence-electron chi connectivity index (χ1n) is 12.2. The van der Waals surface area contributed by atoms with Gasteiger partial charge in [-0.2, -0.15) is 0 Å². The third kappa shape index (κ3) is 4.84. The maximum atomic E-state index is 12.0. The molecule has 3 atom stereocenters. The van der Waals surface area contributed by atoms with Gasteiger partial charge in [-0.05, 0) is 48.2 Å². The molecule has 35 heavy (non-hydrogen) atoms. The Bertz CT molecular complexity index is 1140. The second-order valence-electron chi connectivity index (χ2n) is 9.85. The number of aliphatic hydroxyl groups excluding tert-OH is 2. The maximum absolute atomic E-state index is 12.0. The lowest BCUT2D eigenvalue weighted by atomic mass is 9.95. The normalized spacial score (nSPS) is 22.2. The summed E-state index contributed by atoms with van der Waals surface area (Å²) in [6.45, 7) is 8.30. The molecule has 0 aliphatic carbocycles. The van der Waals surface area contributed by atoms with E-state index in [9.17, 15) is 19.8 Å². The minimum absolute atomic E-state index is 0.151. The van der Waals surface area contributed by atoms with E-state index in [1.54, 1.807) is 12.1 Å². The van der Waals surface area contributed by atoms with Gasteiger partial charge in [0.05, 0.1) is 23.3 Å². The molecule has 0 unspecified atom stereocenters. The van der Waals surface area contributed by atoms with E-state index in [0.29, 0.717) is 30.6 Å². The zero-order valence-electron chi connectivity index (χ0n) is 20.2. The van der Waals surface area contributed by atoms with Crippen LogP contribution in [-0.4, -0.2) is 77.3 Å². The standard InChI is InChI=1S/C27H32N2O6/c1-16-11-19-12-18(3-4-21(19)27(33)35-16)24(30)13-28-7-9-29(10-8-28)14-25(31)20-5-6-22-23(17(20)2)15-34-26(22)32/h3-6,12,16,24-25,30-31H,7-11,13-15H2,1-2H3/t16-,24+,25+/m1/s1. The van der Waals surface area contributed by atoms with Crippen LogP contribution in [0.15, 0.2) is 30.3 Å². The van der Waals surface area contributed by atoms with Gasteiger partial charge in [-0.15, -0.1) is 0 Å². The third-order valence-corrected chi connectivity index (χ3v) is 7.44. The molecule has 0 spiro atoms. The lowest BCUT2D eigenvalue weighted by Crippen LogP contribution is -2.48. The molecule has 2 aromatic carbocycles. The highest BCUT2D eigenvalue weighted by atomic mass is 16.5. The number of nitrogens with zero attached hydrogens (tertiary/aromatic N) is 2. The van der Waals surface area contributed by atoms with Gasteiger partial charge in [-0.25, -0.2) is 9.59 Å². The van der Waals surface area contributed by atoms with Crippen molar-refractivity contribution < 1.29 is 29.3 Å². The molecular weight excluding hydrogens is 448 g/mol. The molecule has 1 saturated heterocycles. The second kappa shape index (κ2) is 9.70. The van der Waals surface area contributed by atoms with E-state index in [2.05, 4.69) is 9.80 Å². The lowest BCUT2D eigenvalue weighted by Gasteiger charge is -2.36. The largest absolute Gasteiger partial charge is 0.459 e. The summed E-state index contributed by atoms with van der Waals surface area (Å²) in [6.07, 6.45) is -0.764. The van der Waals surface area contributed by atoms with Crippen LogP contribution in [0.2, 0.25) is 0 Å². The molecule has 0 amide bonds. The van der Waals surface area contributed by atoms with Gasteiger partial charge in [-0.1, -0.05) is 18.2 Å². The smallest absolute Gasteiger partial charge is 0.338 e. The number of carbonyl (C=O) groups is 2. The minimum Gasteiger partial charge on any atom is -0.459 e. The Labute approximate surface area is 205 Å². The van der Waals surface area contributed by atoms with Gasteiger partial charge < -0.3 is 19.7 Å². The summed E-state index contributed by atoms with van der Waals surface area (Å²) < 4.78 is 10.4. The van der Waals surface area contributed by atoms with Gasteiger partial charge in [0.2, 0.25) is 0 Å². The second-order valence-corrected chi connectivity index (χ2v) is 9.85. The first-order valence-corrected chi connectivity index (χ1v) is 12.2. The summed E-state index contributed by atoms with van der Waals surface area (Å²) in [5.74, 6) is -0.593. The number of aliphatic hydroxyl groups is 2. The van der Waals surface area contributed by atoms with E-state index >= 15 is 0 Å². The fraction of sp³-hybridized carbons (Fsp3) is 0.481. The fourth-order valence-corrected chi connectivity index (χ4v) is 5.36. The van der Waals surface area contributed by atoms with Crippen molar-refractivity contribution in [3.05, 3.63) is 69.3 Å². The molecule has 0 saturated carbocycles. The van der Waals surface area contributed by atoms with Crippen LogP contribution in [0.25, 0.3) is 0 Å². The molecule has 2 aromatic rings. The molecule has 186 valence electrons. The van der Waals surface area contributed by atoms with Crippen molar-refractivity contribution in [2.45, 2.75) is 45.2 Å². The Morgan fingerprint density at radius 1 is 0.943 bits per heavy atom. The predicted molar refractivity (Wildman–Crippen MR) is 128 cm³/mol. The Morgan fingerprint density at radius 2 is 1.60 bits per heavy atom. The summed E-state index contributed by atoms with van der Waals surface area (Å²) in [5, 5.41) is 21.7. The van der Waals surface area contributed by atoms with E-state index < -0.39 is 12.2 Å². The van der Waals surface area contributed by atoms with Crippen LogP contribution in [0.1, 0.15) is 67.7 Å². The number of ether oxygens (including phenoxy) is 2. The predicted octanol–water partition coefficient (Wildman–Crippen LogP) is 2.15. The molecule has 2 N–H and O–H groups in total. The van der Waals surface area contributed by atoms with Crippen molar-refractivity contribution in [1.29, 1.82) is 0 Å². The third-order valence-electron chi connectivity index (χ3n) is 7.44. The number of hydrogen-bond acceptors (Lipinski definition) is 8. The molecule has 0 bridgehead atoms. The van der Waals surface area contributed by atoms with Gasteiger partial charge >= 0.3 is 11.9 Å². The molecule has 8 heteroatoms. The molecule has 8 nitrogen and oxygen atoms in total. The van der Waals surface area contributed by atoms with Crippen LogP contribution in [-0.2, 0) is 22.5 Å². The van der Waals surface area contributed by atoms with Crippen molar-refractivity contribution in [3.8, 4) is 0 Å². The molecule has 3 aliphatic rings. The highest BCUT2D eigenvalue weighted by Crippen LogP contribution is 2.30. The van der Waals surface area contributed by atoms with Crippen molar-refractivity contribution in [2.75, 3.05) is 39.3 Å². The summed E-state index contributed by atoms with van der Waals surface area (Å²) >= 11 is 0. The number of esters is 2. The van der Waals surface area contributed by atoms with Crippen LogP contribution in [0, 0.1) is 6.92 Å². The van der Waals surface area contributed by atoms with Crippen molar-refractivity contribution in [2.24, 2.45) is 0 Å². The molecule has 0 radical (unpaired) electrons. The molecular formula is C27H32N2O6.